The van der Waals surface area contributed by atoms with Gasteiger partial charge in [-0.15, -0.1) is 0 Å². The van der Waals surface area contributed by atoms with Gasteiger partial charge in [0.2, 0.25) is 0 Å². The van der Waals surface area contributed by atoms with E-state index in [2.05, 4.69) is 5.32 Å². The third-order valence-electron chi connectivity index (χ3n) is 4.31. The molecule has 1 saturated heterocycles. The zero-order chi connectivity index (χ0) is 19.6. The normalized spacial score (nSPS) is 14.4. The average Bonchev–Trinajstić information content (AvgIpc) is 2.71. The molecule has 1 N–H and O–H groups in total. The molecule has 8 heteroatoms. The second-order valence-corrected chi connectivity index (χ2v) is 6.10. The Balaban J connectivity index is 1.66. The maximum Gasteiger partial charge on any atom is 0.311 e. The molecule has 2 amide bonds. The molecule has 1 aliphatic rings. The van der Waals surface area contributed by atoms with E-state index in [0.717, 1.165) is 5.75 Å². The summed E-state index contributed by atoms with van der Waals surface area (Å²) in [5.74, 6) is -0.297. The standard InChI is InChI=1S/C19H26N2O6/c1-3-26-19(24)14-8-11-21(12-9-14)18(23)17(22)20-10-13-27-16-6-4-15(25-2)5-7-16/h4-7,14H,3,8-13H2,1-2H3,(H,20,22). The number of likely N-dealkylation sites (tertiary alicyclic amines) is 1. The molecule has 1 heterocycles. The number of ether oxygens (including phenoxy) is 3. The second kappa shape index (κ2) is 10.4. The van der Waals surface area contributed by atoms with E-state index in [0.29, 0.717) is 38.3 Å². The number of amides is 2. The number of carbonyl (C=O) groups is 3. The number of hydrogen-bond acceptors (Lipinski definition) is 6. The predicted molar refractivity (Wildman–Crippen MR) is 97.4 cm³/mol. The molecular formula is C19H26N2O6. The predicted octanol–water partition coefficient (Wildman–Crippen LogP) is 0.992. The van der Waals surface area contributed by atoms with Crippen LogP contribution >= 0.6 is 0 Å². The van der Waals surface area contributed by atoms with Crippen molar-refractivity contribution in [3.05, 3.63) is 24.3 Å². The van der Waals surface area contributed by atoms with Crippen molar-refractivity contribution in [1.82, 2.24) is 10.2 Å². The molecule has 1 aliphatic heterocycles. The number of esters is 1. The molecule has 0 atom stereocenters. The van der Waals surface area contributed by atoms with Crippen molar-refractivity contribution in [2.45, 2.75) is 19.8 Å². The monoisotopic (exact) mass is 378 g/mol. The van der Waals surface area contributed by atoms with Crippen LogP contribution in [0.2, 0.25) is 0 Å². The summed E-state index contributed by atoms with van der Waals surface area (Å²) >= 11 is 0. The number of nitrogens with one attached hydrogen (secondary N) is 1. The van der Waals surface area contributed by atoms with Crippen molar-refractivity contribution >= 4 is 17.8 Å². The molecule has 1 aromatic carbocycles. The van der Waals surface area contributed by atoms with E-state index >= 15 is 0 Å². The van der Waals surface area contributed by atoms with E-state index in [1.807, 2.05) is 0 Å². The molecule has 1 aromatic rings. The smallest absolute Gasteiger partial charge is 0.311 e. The Morgan fingerprint density at radius 3 is 2.33 bits per heavy atom. The molecule has 2 rings (SSSR count). The van der Waals surface area contributed by atoms with Gasteiger partial charge in [0.1, 0.15) is 18.1 Å². The highest BCUT2D eigenvalue weighted by atomic mass is 16.5. The van der Waals surface area contributed by atoms with Crippen molar-refractivity contribution in [1.29, 1.82) is 0 Å². The van der Waals surface area contributed by atoms with Gasteiger partial charge >= 0.3 is 17.8 Å². The van der Waals surface area contributed by atoms with E-state index in [1.165, 1.54) is 4.90 Å². The molecule has 0 saturated carbocycles. The van der Waals surface area contributed by atoms with E-state index in [9.17, 15) is 14.4 Å². The molecule has 27 heavy (non-hydrogen) atoms. The van der Waals surface area contributed by atoms with Gasteiger partial charge in [0, 0.05) is 13.1 Å². The number of carbonyl (C=O) groups excluding carboxylic acids is 3. The van der Waals surface area contributed by atoms with Gasteiger partial charge in [0.05, 0.1) is 26.2 Å². The number of benzene rings is 1. The van der Waals surface area contributed by atoms with Crippen molar-refractivity contribution in [3.8, 4) is 11.5 Å². The van der Waals surface area contributed by atoms with Gasteiger partial charge in [-0.05, 0) is 44.0 Å². The largest absolute Gasteiger partial charge is 0.497 e. The van der Waals surface area contributed by atoms with Gasteiger partial charge in [0.15, 0.2) is 0 Å². The lowest BCUT2D eigenvalue weighted by atomic mass is 9.97. The van der Waals surface area contributed by atoms with Gasteiger partial charge < -0.3 is 24.4 Å². The Labute approximate surface area is 158 Å². The number of piperidine rings is 1. The maximum absolute atomic E-state index is 12.2. The van der Waals surface area contributed by atoms with Crippen LogP contribution in [-0.4, -0.2) is 62.6 Å². The summed E-state index contributed by atoms with van der Waals surface area (Å²) in [6, 6.07) is 7.08. The lowest BCUT2D eigenvalue weighted by molar-refractivity contribution is -0.152. The fraction of sp³-hybridized carbons (Fsp3) is 0.526. The minimum absolute atomic E-state index is 0.199. The van der Waals surface area contributed by atoms with Crippen molar-refractivity contribution in [2.75, 3.05) is 40.0 Å². The summed E-state index contributed by atoms with van der Waals surface area (Å²) in [4.78, 5) is 37.3. The summed E-state index contributed by atoms with van der Waals surface area (Å²) in [5.41, 5.74) is 0. The van der Waals surface area contributed by atoms with Crippen molar-refractivity contribution in [2.24, 2.45) is 5.92 Å². The second-order valence-electron chi connectivity index (χ2n) is 6.10. The van der Waals surface area contributed by atoms with Crippen molar-refractivity contribution < 1.29 is 28.6 Å². The van der Waals surface area contributed by atoms with E-state index < -0.39 is 11.8 Å². The molecule has 0 aromatic heterocycles. The fourth-order valence-electron chi connectivity index (χ4n) is 2.80. The Morgan fingerprint density at radius 1 is 1.11 bits per heavy atom. The molecule has 148 valence electrons. The maximum atomic E-state index is 12.2. The molecule has 0 spiro atoms. The summed E-state index contributed by atoms with van der Waals surface area (Å²) in [5, 5.41) is 2.56. The van der Waals surface area contributed by atoms with Gasteiger partial charge in [-0.25, -0.2) is 0 Å². The van der Waals surface area contributed by atoms with E-state index in [-0.39, 0.29) is 25.0 Å². The van der Waals surface area contributed by atoms with Gasteiger partial charge in [-0.2, -0.15) is 0 Å². The van der Waals surface area contributed by atoms with Crippen LogP contribution in [0.15, 0.2) is 24.3 Å². The van der Waals surface area contributed by atoms with Gasteiger partial charge in [-0.3, -0.25) is 14.4 Å². The van der Waals surface area contributed by atoms with Crippen LogP contribution in [0, 0.1) is 5.92 Å². The van der Waals surface area contributed by atoms with E-state index in [4.69, 9.17) is 14.2 Å². The summed E-state index contributed by atoms with van der Waals surface area (Å²) < 4.78 is 15.6. The molecule has 1 fully saturated rings. The minimum atomic E-state index is -0.664. The molecule has 0 bridgehead atoms. The van der Waals surface area contributed by atoms with Crippen molar-refractivity contribution in [3.63, 3.8) is 0 Å². The van der Waals surface area contributed by atoms with Crippen LogP contribution in [0.3, 0.4) is 0 Å². The molecular weight excluding hydrogens is 352 g/mol. The Morgan fingerprint density at radius 2 is 1.74 bits per heavy atom. The van der Waals surface area contributed by atoms with Crippen LogP contribution in [0.5, 0.6) is 11.5 Å². The summed E-state index contributed by atoms with van der Waals surface area (Å²) in [6.45, 7) is 3.32. The first-order chi connectivity index (χ1) is 13.0. The Hall–Kier alpha value is -2.77. The van der Waals surface area contributed by atoms with Crippen LogP contribution in [0.25, 0.3) is 0 Å². The zero-order valence-electron chi connectivity index (χ0n) is 15.7. The Bertz CT molecular complexity index is 638. The first-order valence-electron chi connectivity index (χ1n) is 9.05. The first kappa shape index (κ1) is 20.5. The zero-order valence-corrected chi connectivity index (χ0v) is 15.7. The lowest BCUT2D eigenvalue weighted by Gasteiger charge is -2.30. The molecule has 0 unspecified atom stereocenters. The van der Waals surface area contributed by atoms with Gasteiger partial charge in [-0.1, -0.05) is 0 Å². The summed E-state index contributed by atoms with van der Waals surface area (Å²) in [7, 11) is 1.59. The average molecular weight is 378 g/mol. The quantitative estimate of drug-likeness (QED) is 0.432. The van der Waals surface area contributed by atoms with E-state index in [1.54, 1.807) is 38.3 Å². The Kier molecular flexibility index (Phi) is 7.91. The molecule has 8 nitrogen and oxygen atoms in total. The molecule has 0 radical (unpaired) electrons. The highest BCUT2D eigenvalue weighted by Crippen LogP contribution is 2.19. The highest BCUT2D eigenvalue weighted by molar-refractivity contribution is 6.35. The number of methoxy groups -OCH3 is 1. The minimum Gasteiger partial charge on any atom is -0.497 e. The SMILES string of the molecule is CCOC(=O)C1CCN(C(=O)C(=O)NCCOc2ccc(OC)cc2)CC1. The first-order valence-corrected chi connectivity index (χ1v) is 9.05. The highest BCUT2D eigenvalue weighted by Gasteiger charge is 2.30. The molecule has 0 aliphatic carbocycles. The third kappa shape index (κ3) is 6.16. The van der Waals surface area contributed by atoms with Crippen LogP contribution in [0.4, 0.5) is 0 Å². The topological polar surface area (TPSA) is 94.2 Å². The fourth-order valence-corrected chi connectivity index (χ4v) is 2.80. The number of nitrogens with zero attached hydrogens (tertiary/aromatic N) is 1. The summed E-state index contributed by atoms with van der Waals surface area (Å²) in [6.07, 6.45) is 1.02. The number of hydrogen-bond donors (Lipinski definition) is 1. The van der Waals surface area contributed by atoms with Gasteiger partial charge in [0.25, 0.3) is 0 Å². The van der Waals surface area contributed by atoms with Crippen LogP contribution < -0.4 is 14.8 Å². The lowest BCUT2D eigenvalue weighted by Crippen LogP contribution is -2.47. The third-order valence-corrected chi connectivity index (χ3v) is 4.31. The number of rotatable bonds is 7. The van der Waals surface area contributed by atoms with Crippen LogP contribution in [0.1, 0.15) is 19.8 Å². The van der Waals surface area contributed by atoms with Crippen LogP contribution in [-0.2, 0) is 19.1 Å².